The van der Waals surface area contributed by atoms with E-state index in [1.165, 1.54) is 22.3 Å². The molecule has 200 valence electrons. The number of allylic oxidation sites excluding steroid dienone is 2. The van der Waals surface area contributed by atoms with Crippen molar-refractivity contribution >= 4 is 0 Å². The van der Waals surface area contributed by atoms with Crippen LogP contribution in [0.3, 0.4) is 0 Å². The van der Waals surface area contributed by atoms with Crippen LogP contribution in [0.5, 0.6) is 5.75 Å². The van der Waals surface area contributed by atoms with Gasteiger partial charge >= 0.3 is 0 Å². The van der Waals surface area contributed by atoms with Crippen LogP contribution in [-0.2, 0) is 35.8 Å². The van der Waals surface area contributed by atoms with Crippen molar-refractivity contribution in [3.05, 3.63) is 138 Å². The van der Waals surface area contributed by atoms with Gasteiger partial charge in [0.2, 0.25) is 0 Å². The van der Waals surface area contributed by atoms with Gasteiger partial charge in [-0.25, -0.2) is 9.97 Å². The number of ether oxygens (including phenoxy) is 1. The Kier molecular flexibility index (Phi) is 10.4. The first kappa shape index (κ1) is 27.8. The molecule has 5 nitrogen and oxygen atoms in total. The average molecular weight is 521 g/mol. The maximum Gasteiger partial charge on any atom is 0.135 e. The van der Waals surface area contributed by atoms with Crippen LogP contribution in [0, 0.1) is 6.92 Å². The second-order valence-corrected chi connectivity index (χ2v) is 9.57. The summed E-state index contributed by atoms with van der Waals surface area (Å²) in [5, 5.41) is 0. The van der Waals surface area contributed by atoms with E-state index >= 15 is 0 Å². The third-order valence-corrected chi connectivity index (χ3v) is 6.33. The predicted octanol–water partition coefficient (Wildman–Crippen LogP) is 8.13. The standard InChI is InChI=1S/C34H36N2O3/c1-4-5-6-7-27(3)39-38-25-30-22-35-34(36-23-30)21-14-28-10-15-31(16-11-28)32-17-12-29(13-18-32)24-37-33-19-8-26(2)9-20-33/h4,8-13,15-20,22-23H,1,3,5-7,14,21,24-25H2,2H3. The zero-order valence-electron chi connectivity index (χ0n) is 22.6. The summed E-state index contributed by atoms with van der Waals surface area (Å²) in [5.41, 5.74) is 6.86. The molecular formula is C34H36N2O3. The minimum absolute atomic E-state index is 0.281. The molecule has 3 aromatic carbocycles. The van der Waals surface area contributed by atoms with Crippen molar-refractivity contribution in [2.24, 2.45) is 0 Å². The van der Waals surface area contributed by atoms with Gasteiger partial charge in [-0.15, -0.1) is 6.58 Å². The van der Waals surface area contributed by atoms with Gasteiger partial charge in [-0.1, -0.05) is 78.9 Å². The van der Waals surface area contributed by atoms with E-state index in [-0.39, 0.29) is 6.61 Å². The number of nitrogens with zero attached hydrogens (tertiary/aromatic N) is 2. The summed E-state index contributed by atoms with van der Waals surface area (Å²) in [6.45, 7) is 10.5. The van der Waals surface area contributed by atoms with E-state index in [1.807, 2.05) is 18.2 Å². The highest BCUT2D eigenvalue weighted by Gasteiger charge is 2.04. The molecule has 0 saturated carbocycles. The van der Waals surface area contributed by atoms with E-state index in [0.717, 1.165) is 54.8 Å². The molecular weight excluding hydrogens is 484 g/mol. The minimum atomic E-state index is 0.281. The molecule has 5 heteroatoms. The Morgan fingerprint density at radius 2 is 1.41 bits per heavy atom. The highest BCUT2D eigenvalue weighted by atomic mass is 17.2. The molecule has 39 heavy (non-hydrogen) atoms. The monoisotopic (exact) mass is 520 g/mol. The van der Waals surface area contributed by atoms with Gasteiger partial charge in [-0.3, -0.25) is 0 Å². The number of hydrogen-bond donors (Lipinski definition) is 0. The fraction of sp³-hybridized carbons (Fsp3) is 0.235. The quantitative estimate of drug-likeness (QED) is 0.0521. The number of aromatic nitrogens is 2. The highest BCUT2D eigenvalue weighted by Crippen LogP contribution is 2.22. The predicted molar refractivity (Wildman–Crippen MR) is 156 cm³/mol. The summed E-state index contributed by atoms with van der Waals surface area (Å²) >= 11 is 0. The number of unbranched alkanes of at least 4 members (excludes halogenated alkanes) is 1. The lowest BCUT2D eigenvalue weighted by Gasteiger charge is -2.09. The molecule has 0 amide bonds. The van der Waals surface area contributed by atoms with E-state index in [4.69, 9.17) is 14.5 Å². The lowest BCUT2D eigenvalue weighted by molar-refractivity contribution is -0.273. The molecule has 0 fully saturated rings. The second kappa shape index (κ2) is 14.6. The average Bonchev–Trinajstić information content (AvgIpc) is 2.97. The van der Waals surface area contributed by atoms with Gasteiger partial charge in [0.05, 0.1) is 0 Å². The van der Waals surface area contributed by atoms with Gasteiger partial charge in [0, 0.05) is 30.8 Å². The molecule has 0 bridgehead atoms. The number of aryl methyl sites for hydroxylation is 3. The lowest BCUT2D eigenvalue weighted by atomic mass is 10.0. The van der Waals surface area contributed by atoms with Gasteiger partial charge < -0.3 is 9.62 Å². The van der Waals surface area contributed by atoms with Crippen molar-refractivity contribution in [3.63, 3.8) is 0 Å². The number of rotatable bonds is 15. The Hall–Kier alpha value is -4.22. The lowest BCUT2D eigenvalue weighted by Crippen LogP contribution is -2.01. The Balaban J connectivity index is 1.20. The number of hydrogen-bond acceptors (Lipinski definition) is 5. The van der Waals surface area contributed by atoms with Gasteiger partial charge in [-0.2, -0.15) is 4.89 Å². The maximum absolute atomic E-state index is 5.89. The van der Waals surface area contributed by atoms with E-state index in [9.17, 15) is 0 Å². The highest BCUT2D eigenvalue weighted by molar-refractivity contribution is 5.64. The van der Waals surface area contributed by atoms with Crippen LogP contribution in [0.25, 0.3) is 11.1 Å². The Morgan fingerprint density at radius 3 is 2.05 bits per heavy atom. The van der Waals surface area contributed by atoms with Gasteiger partial charge in [0.15, 0.2) is 0 Å². The topological polar surface area (TPSA) is 53.5 Å². The molecule has 0 saturated heterocycles. The Bertz CT molecular complexity index is 1310. The number of benzene rings is 3. The second-order valence-electron chi connectivity index (χ2n) is 9.57. The third kappa shape index (κ3) is 9.24. The first-order valence-electron chi connectivity index (χ1n) is 13.3. The molecule has 1 aromatic heterocycles. The zero-order chi connectivity index (χ0) is 27.3. The summed E-state index contributed by atoms with van der Waals surface area (Å²) in [5.74, 6) is 2.31. The molecule has 0 N–H and O–H groups in total. The van der Waals surface area contributed by atoms with Crippen LogP contribution in [0.2, 0.25) is 0 Å². The molecule has 0 aliphatic carbocycles. The summed E-state index contributed by atoms with van der Waals surface area (Å²) in [6, 6.07) is 25.3. The molecule has 0 atom stereocenters. The molecule has 0 radical (unpaired) electrons. The van der Waals surface area contributed by atoms with Crippen LogP contribution < -0.4 is 4.74 Å². The van der Waals surface area contributed by atoms with Crippen LogP contribution in [0.1, 0.15) is 47.3 Å². The van der Waals surface area contributed by atoms with Crippen molar-refractivity contribution in [2.75, 3.05) is 0 Å². The SMILES string of the molecule is C=CCCCC(=C)OOCc1cnc(CCc2ccc(-c3ccc(COc4ccc(C)cc4)cc3)cc2)nc1. The summed E-state index contributed by atoms with van der Waals surface area (Å²) in [6.07, 6.45) is 9.72. The smallest absolute Gasteiger partial charge is 0.135 e. The molecule has 4 aromatic rings. The molecule has 1 heterocycles. The Morgan fingerprint density at radius 1 is 0.769 bits per heavy atom. The van der Waals surface area contributed by atoms with Crippen molar-refractivity contribution in [3.8, 4) is 16.9 Å². The van der Waals surface area contributed by atoms with E-state index < -0.39 is 0 Å². The van der Waals surface area contributed by atoms with Crippen LogP contribution in [0.4, 0.5) is 0 Å². The largest absolute Gasteiger partial charge is 0.489 e. The molecule has 0 aliphatic rings. The van der Waals surface area contributed by atoms with Crippen LogP contribution >= 0.6 is 0 Å². The maximum atomic E-state index is 5.89. The van der Waals surface area contributed by atoms with E-state index in [1.54, 1.807) is 12.4 Å². The van der Waals surface area contributed by atoms with Crippen LogP contribution in [0.15, 0.2) is 110 Å². The minimum Gasteiger partial charge on any atom is -0.489 e. The van der Waals surface area contributed by atoms with Crippen molar-refractivity contribution in [1.29, 1.82) is 0 Å². The summed E-state index contributed by atoms with van der Waals surface area (Å²) < 4.78 is 5.89. The van der Waals surface area contributed by atoms with Gasteiger partial charge in [0.1, 0.15) is 30.5 Å². The van der Waals surface area contributed by atoms with Crippen molar-refractivity contribution in [2.45, 2.75) is 52.2 Å². The third-order valence-electron chi connectivity index (χ3n) is 6.33. The fourth-order valence-corrected chi connectivity index (χ4v) is 3.97. The van der Waals surface area contributed by atoms with Crippen LogP contribution in [-0.4, -0.2) is 9.97 Å². The summed E-state index contributed by atoms with van der Waals surface area (Å²) in [4.78, 5) is 19.4. The fourth-order valence-electron chi connectivity index (χ4n) is 3.97. The van der Waals surface area contributed by atoms with Gasteiger partial charge in [-0.05, 0) is 60.6 Å². The molecule has 0 spiro atoms. The molecule has 0 aliphatic heterocycles. The van der Waals surface area contributed by atoms with E-state index in [0.29, 0.717) is 12.4 Å². The normalized spacial score (nSPS) is 10.7. The van der Waals surface area contributed by atoms with Crippen molar-refractivity contribution in [1.82, 2.24) is 9.97 Å². The summed E-state index contributed by atoms with van der Waals surface area (Å²) in [7, 11) is 0. The Labute approximate surface area is 231 Å². The van der Waals surface area contributed by atoms with E-state index in [2.05, 4.69) is 90.7 Å². The van der Waals surface area contributed by atoms with Crippen molar-refractivity contribution < 1.29 is 14.5 Å². The zero-order valence-corrected chi connectivity index (χ0v) is 22.6. The molecule has 0 unspecified atom stereocenters. The first-order chi connectivity index (χ1) is 19.1. The molecule has 4 rings (SSSR count). The first-order valence-corrected chi connectivity index (χ1v) is 13.3. The van der Waals surface area contributed by atoms with Gasteiger partial charge in [0.25, 0.3) is 0 Å².